The lowest BCUT2D eigenvalue weighted by molar-refractivity contribution is 0.0497. The quantitative estimate of drug-likeness (QED) is 0.655. The minimum atomic E-state index is -3.76. The van der Waals surface area contributed by atoms with E-state index in [9.17, 15) is 13.2 Å². The van der Waals surface area contributed by atoms with Crippen molar-refractivity contribution in [1.29, 1.82) is 0 Å². The van der Waals surface area contributed by atoms with E-state index >= 15 is 0 Å². The van der Waals surface area contributed by atoms with Crippen molar-refractivity contribution in [2.75, 3.05) is 6.54 Å². The fourth-order valence-corrected chi connectivity index (χ4v) is 6.42. The van der Waals surface area contributed by atoms with Crippen LogP contribution in [-0.2, 0) is 14.6 Å². The smallest absolute Gasteiger partial charge is 0.408 e. The number of carbonyl (C=O) groups excluding carboxylic acids is 1. The van der Waals surface area contributed by atoms with Gasteiger partial charge in [-0.15, -0.1) is 0 Å². The number of rotatable bonds is 5. The fourth-order valence-electron chi connectivity index (χ4n) is 3.81. The molecule has 6 nitrogen and oxygen atoms in total. The first-order chi connectivity index (χ1) is 13.9. The Morgan fingerprint density at radius 1 is 1.13 bits per heavy atom. The van der Waals surface area contributed by atoms with Crippen molar-refractivity contribution >= 4 is 31.9 Å². The Labute approximate surface area is 186 Å². The third-order valence-corrected chi connectivity index (χ3v) is 8.06. The predicted octanol–water partition coefficient (Wildman–Crippen LogP) is 3.92. The molecule has 0 saturated heterocycles. The molecule has 0 heterocycles. The van der Waals surface area contributed by atoms with E-state index in [-0.39, 0.29) is 11.4 Å². The summed E-state index contributed by atoms with van der Waals surface area (Å²) in [6.45, 7) is 7.11. The molecule has 8 heteroatoms. The van der Waals surface area contributed by atoms with Gasteiger partial charge in [0.2, 0.25) is 0 Å². The molecule has 1 aliphatic carbocycles. The SMILES string of the molecule is Cc1ccc(S(=O)(=O)[C@@H]2[C@@H](c3ccc(Br)cc3)[C@@]2(CN)NC(=O)OC(C)(C)C)cc1. The van der Waals surface area contributed by atoms with Crippen molar-refractivity contribution in [2.45, 2.75) is 54.9 Å². The van der Waals surface area contributed by atoms with E-state index in [0.717, 1.165) is 15.6 Å². The van der Waals surface area contributed by atoms with E-state index in [0.29, 0.717) is 0 Å². The molecule has 1 aliphatic rings. The molecule has 0 radical (unpaired) electrons. The molecular weight excluding hydrogens is 468 g/mol. The molecule has 0 bridgehead atoms. The van der Waals surface area contributed by atoms with Crippen molar-refractivity contribution < 1.29 is 17.9 Å². The maximum atomic E-state index is 13.5. The van der Waals surface area contributed by atoms with Crippen LogP contribution in [0.3, 0.4) is 0 Å². The van der Waals surface area contributed by atoms with Crippen molar-refractivity contribution in [3.63, 3.8) is 0 Å². The topological polar surface area (TPSA) is 98.5 Å². The van der Waals surface area contributed by atoms with Gasteiger partial charge in [0.1, 0.15) is 10.9 Å². The number of sulfone groups is 1. The Hall–Kier alpha value is -1.90. The highest BCUT2D eigenvalue weighted by molar-refractivity contribution is 9.10. The number of hydrogen-bond acceptors (Lipinski definition) is 5. The minimum Gasteiger partial charge on any atom is -0.444 e. The lowest BCUT2D eigenvalue weighted by Gasteiger charge is -2.24. The van der Waals surface area contributed by atoms with Gasteiger partial charge in [-0.25, -0.2) is 13.2 Å². The Kier molecular flexibility index (Phi) is 6.06. The lowest BCUT2D eigenvalue weighted by atomic mass is 10.1. The maximum absolute atomic E-state index is 13.5. The van der Waals surface area contributed by atoms with E-state index in [4.69, 9.17) is 10.5 Å². The summed E-state index contributed by atoms with van der Waals surface area (Å²) < 4.78 is 33.4. The first kappa shape index (κ1) is 22.8. The van der Waals surface area contributed by atoms with Crippen LogP contribution >= 0.6 is 15.9 Å². The third-order valence-electron chi connectivity index (χ3n) is 5.24. The molecule has 162 valence electrons. The summed E-state index contributed by atoms with van der Waals surface area (Å²) in [6.07, 6.45) is -0.684. The van der Waals surface area contributed by atoms with Crippen molar-refractivity contribution in [3.05, 3.63) is 64.1 Å². The third kappa shape index (κ3) is 4.40. The fraction of sp³-hybridized carbons (Fsp3) is 0.409. The molecule has 2 aromatic carbocycles. The van der Waals surface area contributed by atoms with Crippen molar-refractivity contribution in [2.24, 2.45) is 5.73 Å². The summed E-state index contributed by atoms with van der Waals surface area (Å²) >= 11 is 3.40. The molecule has 1 saturated carbocycles. The largest absolute Gasteiger partial charge is 0.444 e. The van der Waals surface area contributed by atoms with Crippen LogP contribution in [0.15, 0.2) is 57.9 Å². The van der Waals surface area contributed by atoms with Gasteiger partial charge in [0.15, 0.2) is 9.84 Å². The zero-order valence-electron chi connectivity index (χ0n) is 17.5. The number of alkyl carbamates (subject to hydrolysis) is 1. The van der Waals surface area contributed by atoms with Crippen LogP contribution in [0.1, 0.15) is 37.8 Å². The van der Waals surface area contributed by atoms with E-state index in [1.54, 1.807) is 45.0 Å². The number of aryl methyl sites for hydroxylation is 1. The second-order valence-electron chi connectivity index (χ2n) is 8.68. The molecule has 0 aliphatic heterocycles. The monoisotopic (exact) mass is 494 g/mol. The minimum absolute atomic E-state index is 0.0390. The Bertz CT molecular complexity index is 1030. The number of amides is 1. The number of ether oxygens (including phenoxy) is 1. The molecule has 30 heavy (non-hydrogen) atoms. The first-order valence-corrected chi connectivity index (χ1v) is 12.0. The number of hydrogen-bond donors (Lipinski definition) is 2. The van der Waals surface area contributed by atoms with Crippen LogP contribution in [0.5, 0.6) is 0 Å². The summed E-state index contributed by atoms with van der Waals surface area (Å²) in [6, 6.07) is 14.1. The van der Waals surface area contributed by atoms with Gasteiger partial charge < -0.3 is 15.8 Å². The summed E-state index contributed by atoms with van der Waals surface area (Å²) in [7, 11) is -3.76. The molecule has 3 atom stereocenters. The van der Waals surface area contributed by atoms with Gasteiger partial charge in [-0.2, -0.15) is 0 Å². The first-order valence-electron chi connectivity index (χ1n) is 9.68. The molecule has 3 N–H and O–H groups in total. The predicted molar refractivity (Wildman–Crippen MR) is 120 cm³/mol. The van der Waals surface area contributed by atoms with Gasteiger partial charge in [0, 0.05) is 16.9 Å². The molecule has 2 aromatic rings. The lowest BCUT2D eigenvalue weighted by Crippen LogP contribution is -2.49. The van der Waals surface area contributed by atoms with Crippen LogP contribution in [0.4, 0.5) is 4.79 Å². The Morgan fingerprint density at radius 2 is 1.70 bits per heavy atom. The Balaban J connectivity index is 2.03. The van der Waals surface area contributed by atoms with Crippen LogP contribution in [0.25, 0.3) is 0 Å². The van der Waals surface area contributed by atoms with Crippen LogP contribution in [0.2, 0.25) is 0 Å². The van der Waals surface area contributed by atoms with E-state index in [1.165, 1.54) is 0 Å². The van der Waals surface area contributed by atoms with Crippen molar-refractivity contribution in [1.82, 2.24) is 5.32 Å². The highest BCUT2D eigenvalue weighted by Crippen LogP contribution is 2.57. The number of halogens is 1. The van der Waals surface area contributed by atoms with Gasteiger partial charge in [0.25, 0.3) is 0 Å². The highest BCUT2D eigenvalue weighted by atomic mass is 79.9. The van der Waals surface area contributed by atoms with E-state index in [1.807, 2.05) is 31.2 Å². The van der Waals surface area contributed by atoms with Gasteiger partial charge in [0.05, 0.1) is 10.4 Å². The summed E-state index contributed by atoms with van der Waals surface area (Å²) in [5.41, 5.74) is 5.97. The average Bonchev–Trinajstić information content (AvgIpc) is 3.30. The van der Waals surface area contributed by atoms with Gasteiger partial charge in [-0.05, 0) is 57.5 Å². The zero-order chi connectivity index (χ0) is 22.3. The zero-order valence-corrected chi connectivity index (χ0v) is 19.9. The molecule has 1 amide bonds. The van der Waals surface area contributed by atoms with E-state index < -0.39 is 38.2 Å². The average molecular weight is 495 g/mol. The summed E-state index contributed by atoms with van der Waals surface area (Å²) in [5.74, 6) is -0.491. The van der Waals surface area contributed by atoms with Crippen LogP contribution in [0, 0.1) is 6.92 Å². The van der Waals surface area contributed by atoms with Gasteiger partial charge >= 0.3 is 6.09 Å². The number of nitrogens with two attached hydrogens (primary N) is 1. The highest BCUT2D eigenvalue weighted by Gasteiger charge is 2.71. The summed E-state index contributed by atoms with van der Waals surface area (Å²) in [4.78, 5) is 12.8. The number of nitrogens with one attached hydrogen (secondary N) is 1. The van der Waals surface area contributed by atoms with Gasteiger partial charge in [-0.1, -0.05) is 45.8 Å². The molecule has 3 rings (SSSR count). The van der Waals surface area contributed by atoms with Crippen LogP contribution < -0.4 is 11.1 Å². The van der Waals surface area contributed by atoms with Crippen LogP contribution in [-0.4, -0.2) is 37.4 Å². The van der Waals surface area contributed by atoms with Crippen molar-refractivity contribution in [3.8, 4) is 0 Å². The standard InChI is InChI=1S/C22H27BrN2O4S/c1-14-5-11-17(12-6-14)30(27,28)19-18(15-7-9-16(23)10-8-15)22(19,13-24)25-20(26)29-21(2,3)4/h5-12,18-19H,13,24H2,1-4H3,(H,25,26)/t18-,19-,22-/m1/s1. The molecule has 0 aromatic heterocycles. The molecule has 0 spiro atoms. The number of carbonyl (C=O) groups is 1. The Morgan fingerprint density at radius 3 is 2.20 bits per heavy atom. The second kappa shape index (κ2) is 7.98. The molecule has 1 fully saturated rings. The molecule has 0 unspecified atom stereocenters. The normalized spacial score (nSPS) is 23.7. The molecular formula is C22H27BrN2O4S. The van der Waals surface area contributed by atoms with Gasteiger partial charge in [-0.3, -0.25) is 0 Å². The number of benzene rings is 2. The van der Waals surface area contributed by atoms with E-state index in [2.05, 4.69) is 21.2 Å². The second-order valence-corrected chi connectivity index (χ2v) is 11.7. The maximum Gasteiger partial charge on any atom is 0.408 e. The summed E-state index contributed by atoms with van der Waals surface area (Å²) in [5, 5.41) is 1.90.